The van der Waals surface area contributed by atoms with Gasteiger partial charge in [0.2, 0.25) is 0 Å². The van der Waals surface area contributed by atoms with Crippen LogP contribution in [0.3, 0.4) is 0 Å². The molecule has 4 atom stereocenters. The second-order valence-electron chi connectivity index (χ2n) is 4.58. The van der Waals surface area contributed by atoms with Crippen LogP contribution in [0.2, 0.25) is 0 Å². The van der Waals surface area contributed by atoms with Crippen LogP contribution in [0.25, 0.3) is 0 Å². The molecule has 1 saturated heterocycles. The maximum atomic E-state index is 11.3. The Morgan fingerprint density at radius 2 is 2.25 bits per heavy atom. The highest BCUT2D eigenvalue weighted by Gasteiger charge is 2.45. The molecule has 1 saturated carbocycles. The first-order valence-corrected chi connectivity index (χ1v) is 6.08. The van der Waals surface area contributed by atoms with Crippen molar-refractivity contribution in [2.45, 2.75) is 45.0 Å². The second kappa shape index (κ2) is 5.15. The average Bonchev–Trinajstić information content (AvgIpc) is 2.81. The maximum absolute atomic E-state index is 11.3. The highest BCUT2D eigenvalue weighted by atomic mass is 16.7. The Hall–Kier alpha value is -0.610. The van der Waals surface area contributed by atoms with E-state index in [1.165, 1.54) is 7.11 Å². The molecule has 0 aromatic carbocycles. The van der Waals surface area contributed by atoms with Gasteiger partial charge in [0.1, 0.15) is 0 Å². The Morgan fingerprint density at radius 3 is 2.94 bits per heavy atom. The summed E-state index contributed by atoms with van der Waals surface area (Å²) in [5, 5.41) is 0. The van der Waals surface area contributed by atoms with Gasteiger partial charge in [0.25, 0.3) is 0 Å². The number of carbonyl (C=O) groups excluding carboxylic acids is 1. The number of rotatable bonds is 4. The van der Waals surface area contributed by atoms with E-state index in [1.807, 2.05) is 6.92 Å². The molecule has 1 aliphatic heterocycles. The van der Waals surface area contributed by atoms with Crippen molar-refractivity contribution in [1.29, 1.82) is 0 Å². The number of ether oxygens (including phenoxy) is 3. The van der Waals surface area contributed by atoms with Gasteiger partial charge in [-0.05, 0) is 31.6 Å². The first-order chi connectivity index (χ1) is 7.74. The largest absolute Gasteiger partial charge is 0.469 e. The van der Waals surface area contributed by atoms with E-state index < -0.39 is 0 Å². The Bertz CT molecular complexity index is 253. The number of hydrogen-bond donors (Lipinski definition) is 0. The second-order valence-corrected chi connectivity index (χ2v) is 4.58. The van der Waals surface area contributed by atoms with Crippen molar-refractivity contribution in [3.05, 3.63) is 0 Å². The molecule has 0 radical (unpaired) electrons. The van der Waals surface area contributed by atoms with Crippen LogP contribution in [0, 0.1) is 11.8 Å². The summed E-state index contributed by atoms with van der Waals surface area (Å²) in [5.41, 5.74) is 0. The van der Waals surface area contributed by atoms with E-state index in [2.05, 4.69) is 0 Å². The van der Waals surface area contributed by atoms with Gasteiger partial charge in [0.05, 0.1) is 13.2 Å². The van der Waals surface area contributed by atoms with Crippen molar-refractivity contribution < 1.29 is 19.0 Å². The fraction of sp³-hybridized carbons (Fsp3) is 0.917. The molecule has 0 spiro atoms. The van der Waals surface area contributed by atoms with E-state index in [-0.39, 0.29) is 12.3 Å². The highest BCUT2D eigenvalue weighted by Crippen LogP contribution is 2.44. The molecule has 4 nitrogen and oxygen atoms in total. The van der Waals surface area contributed by atoms with Crippen LogP contribution in [0.5, 0.6) is 0 Å². The molecule has 1 unspecified atom stereocenters. The van der Waals surface area contributed by atoms with Crippen molar-refractivity contribution in [1.82, 2.24) is 0 Å². The third kappa shape index (κ3) is 2.38. The van der Waals surface area contributed by atoms with Gasteiger partial charge in [-0.15, -0.1) is 0 Å². The SMILES string of the molecule is CCOC1C[C@H]2[C@H](CC(=O)OC)CC[C@H]2O1. The molecule has 1 aliphatic carbocycles. The predicted molar refractivity (Wildman–Crippen MR) is 57.8 cm³/mol. The van der Waals surface area contributed by atoms with Crippen LogP contribution in [-0.2, 0) is 19.0 Å². The van der Waals surface area contributed by atoms with Crippen molar-refractivity contribution in [2.24, 2.45) is 11.8 Å². The lowest BCUT2D eigenvalue weighted by Crippen LogP contribution is -2.17. The third-order valence-electron chi connectivity index (χ3n) is 3.71. The van der Waals surface area contributed by atoms with Crippen LogP contribution in [0.15, 0.2) is 0 Å². The Kier molecular flexibility index (Phi) is 3.82. The average molecular weight is 228 g/mol. The van der Waals surface area contributed by atoms with E-state index in [0.717, 1.165) is 19.3 Å². The van der Waals surface area contributed by atoms with Gasteiger partial charge in [0.15, 0.2) is 6.29 Å². The monoisotopic (exact) mass is 228 g/mol. The number of carbonyl (C=O) groups is 1. The van der Waals surface area contributed by atoms with Crippen LogP contribution in [0.4, 0.5) is 0 Å². The topological polar surface area (TPSA) is 44.8 Å². The molecule has 2 rings (SSSR count). The van der Waals surface area contributed by atoms with Gasteiger partial charge in [-0.3, -0.25) is 4.79 Å². The van der Waals surface area contributed by atoms with Crippen molar-refractivity contribution in [2.75, 3.05) is 13.7 Å². The summed E-state index contributed by atoms with van der Waals surface area (Å²) in [7, 11) is 1.45. The lowest BCUT2D eigenvalue weighted by molar-refractivity contribution is -0.142. The smallest absolute Gasteiger partial charge is 0.305 e. The summed E-state index contributed by atoms with van der Waals surface area (Å²) in [6, 6.07) is 0. The molecular weight excluding hydrogens is 208 g/mol. The normalized spacial score (nSPS) is 37.4. The first kappa shape index (κ1) is 11.9. The number of esters is 1. The molecule has 2 aliphatic rings. The number of hydrogen-bond acceptors (Lipinski definition) is 4. The summed E-state index contributed by atoms with van der Waals surface area (Å²) >= 11 is 0. The fourth-order valence-electron chi connectivity index (χ4n) is 2.94. The predicted octanol–water partition coefficient (Wildman–Crippen LogP) is 1.73. The minimum absolute atomic E-state index is 0.0551. The van der Waals surface area contributed by atoms with E-state index >= 15 is 0 Å². The van der Waals surface area contributed by atoms with Crippen LogP contribution in [0.1, 0.15) is 32.6 Å². The summed E-state index contributed by atoms with van der Waals surface area (Å²) in [5.74, 6) is 0.795. The van der Waals surface area contributed by atoms with Crippen LogP contribution >= 0.6 is 0 Å². The summed E-state index contributed by atoms with van der Waals surface area (Å²) < 4.78 is 16.0. The first-order valence-electron chi connectivity index (χ1n) is 6.08. The highest BCUT2D eigenvalue weighted by molar-refractivity contribution is 5.69. The molecular formula is C12H20O4. The lowest BCUT2D eigenvalue weighted by atomic mass is 9.90. The standard InChI is InChI=1S/C12H20O4/c1-3-15-12-7-9-8(6-11(13)14-2)4-5-10(9)16-12/h8-10,12H,3-7H2,1-2H3/t8-,9-,10+,12?/m0/s1. The van der Waals surface area contributed by atoms with Crippen LogP contribution in [-0.4, -0.2) is 32.1 Å². The van der Waals surface area contributed by atoms with E-state index in [0.29, 0.717) is 31.0 Å². The lowest BCUT2D eigenvalue weighted by Gasteiger charge is -2.15. The summed E-state index contributed by atoms with van der Waals surface area (Å²) in [4.78, 5) is 11.3. The van der Waals surface area contributed by atoms with Gasteiger partial charge in [-0.1, -0.05) is 0 Å². The summed E-state index contributed by atoms with van der Waals surface area (Å²) in [6.07, 6.45) is 3.82. The van der Waals surface area contributed by atoms with Crippen LogP contribution < -0.4 is 0 Å². The molecule has 0 bridgehead atoms. The molecule has 16 heavy (non-hydrogen) atoms. The molecule has 0 aromatic heterocycles. The fourth-order valence-corrected chi connectivity index (χ4v) is 2.94. The third-order valence-corrected chi connectivity index (χ3v) is 3.71. The van der Waals surface area contributed by atoms with Gasteiger partial charge < -0.3 is 14.2 Å². The number of fused-ring (bicyclic) bond motifs is 1. The van der Waals surface area contributed by atoms with Gasteiger partial charge >= 0.3 is 5.97 Å². The van der Waals surface area contributed by atoms with Gasteiger partial charge in [-0.2, -0.15) is 0 Å². The Morgan fingerprint density at radius 1 is 1.44 bits per heavy atom. The van der Waals surface area contributed by atoms with Crippen molar-refractivity contribution >= 4 is 5.97 Å². The minimum Gasteiger partial charge on any atom is -0.469 e. The zero-order valence-corrected chi connectivity index (χ0v) is 9.98. The van der Waals surface area contributed by atoms with E-state index in [1.54, 1.807) is 0 Å². The van der Waals surface area contributed by atoms with Gasteiger partial charge in [-0.25, -0.2) is 0 Å². The van der Waals surface area contributed by atoms with Gasteiger partial charge in [0, 0.05) is 19.4 Å². The van der Waals surface area contributed by atoms with Crippen molar-refractivity contribution in [3.63, 3.8) is 0 Å². The molecule has 92 valence electrons. The molecule has 0 amide bonds. The molecule has 2 fully saturated rings. The minimum atomic E-state index is -0.106. The zero-order chi connectivity index (χ0) is 11.5. The van der Waals surface area contributed by atoms with Crippen molar-refractivity contribution in [3.8, 4) is 0 Å². The molecule has 0 N–H and O–H groups in total. The summed E-state index contributed by atoms with van der Waals surface area (Å²) in [6.45, 7) is 2.66. The Labute approximate surface area is 96.2 Å². The van der Waals surface area contributed by atoms with E-state index in [9.17, 15) is 4.79 Å². The Balaban J connectivity index is 1.87. The maximum Gasteiger partial charge on any atom is 0.305 e. The quantitative estimate of drug-likeness (QED) is 0.687. The van der Waals surface area contributed by atoms with E-state index in [4.69, 9.17) is 14.2 Å². The molecule has 1 heterocycles. The molecule has 4 heteroatoms. The zero-order valence-electron chi connectivity index (χ0n) is 9.98. The molecule has 0 aromatic rings. The number of methoxy groups -OCH3 is 1.